The van der Waals surface area contributed by atoms with E-state index in [0.717, 1.165) is 6.54 Å². The van der Waals surface area contributed by atoms with Gasteiger partial charge in [0.25, 0.3) is 0 Å². The zero-order valence-electron chi connectivity index (χ0n) is 9.99. The van der Waals surface area contributed by atoms with E-state index in [9.17, 15) is 0 Å². The first-order valence-corrected chi connectivity index (χ1v) is 6.42. The van der Waals surface area contributed by atoms with E-state index >= 15 is 0 Å². The molecule has 1 aromatic rings. The number of aryl methyl sites for hydroxylation is 1. The van der Waals surface area contributed by atoms with Gasteiger partial charge in [0.1, 0.15) is 0 Å². The first kappa shape index (κ1) is 11.6. The summed E-state index contributed by atoms with van der Waals surface area (Å²) in [6, 6.07) is 10.8. The Balaban J connectivity index is 1.67. The van der Waals surface area contributed by atoms with Gasteiger partial charge in [0.05, 0.1) is 0 Å². The lowest BCUT2D eigenvalue weighted by molar-refractivity contribution is 0.289. The Hall–Kier alpha value is -0.860. The number of nitrogens with zero attached hydrogens (tertiary/aromatic N) is 1. The molecule has 0 unspecified atom stereocenters. The maximum atomic E-state index is 3.44. The molecule has 16 heavy (non-hydrogen) atoms. The smallest absolute Gasteiger partial charge is 0.0107 e. The van der Waals surface area contributed by atoms with Crippen LogP contribution in [0.1, 0.15) is 18.4 Å². The monoisotopic (exact) mass is 218 g/mol. The van der Waals surface area contributed by atoms with E-state index < -0.39 is 0 Å². The average Bonchev–Trinajstić information content (AvgIpc) is 2.59. The summed E-state index contributed by atoms with van der Waals surface area (Å²) in [5.74, 6) is 0. The SMILES string of the molecule is c1ccc(CCCN2CCCNCC2)cc1. The van der Waals surface area contributed by atoms with Crippen molar-refractivity contribution in [2.45, 2.75) is 19.3 Å². The van der Waals surface area contributed by atoms with Crippen LogP contribution in [-0.4, -0.2) is 37.6 Å². The van der Waals surface area contributed by atoms with E-state index in [0.29, 0.717) is 0 Å². The molecule has 2 rings (SSSR count). The molecule has 0 saturated carbocycles. The van der Waals surface area contributed by atoms with Gasteiger partial charge in [0.15, 0.2) is 0 Å². The van der Waals surface area contributed by atoms with Crippen LogP contribution in [-0.2, 0) is 6.42 Å². The average molecular weight is 218 g/mol. The second-order valence-corrected chi connectivity index (χ2v) is 4.53. The van der Waals surface area contributed by atoms with Gasteiger partial charge in [-0.2, -0.15) is 0 Å². The largest absolute Gasteiger partial charge is 0.315 e. The number of hydrogen-bond donors (Lipinski definition) is 1. The van der Waals surface area contributed by atoms with E-state index in [1.165, 1.54) is 51.0 Å². The third-order valence-electron chi connectivity index (χ3n) is 3.22. The fourth-order valence-electron chi connectivity index (χ4n) is 2.28. The van der Waals surface area contributed by atoms with Gasteiger partial charge >= 0.3 is 0 Å². The Morgan fingerprint density at radius 2 is 1.94 bits per heavy atom. The van der Waals surface area contributed by atoms with E-state index in [1.54, 1.807) is 0 Å². The molecule has 0 bridgehead atoms. The molecular formula is C14H22N2. The zero-order valence-corrected chi connectivity index (χ0v) is 9.99. The molecule has 0 amide bonds. The molecule has 1 aliphatic heterocycles. The minimum atomic E-state index is 1.16. The zero-order chi connectivity index (χ0) is 11.1. The fraction of sp³-hybridized carbons (Fsp3) is 0.571. The van der Waals surface area contributed by atoms with Gasteiger partial charge in [-0.3, -0.25) is 0 Å². The Labute approximate surface area is 98.7 Å². The molecule has 1 fully saturated rings. The molecule has 0 spiro atoms. The maximum Gasteiger partial charge on any atom is 0.0107 e. The van der Waals surface area contributed by atoms with Crippen molar-refractivity contribution in [3.05, 3.63) is 35.9 Å². The van der Waals surface area contributed by atoms with Gasteiger partial charge in [-0.1, -0.05) is 30.3 Å². The third kappa shape index (κ3) is 3.95. The van der Waals surface area contributed by atoms with Gasteiger partial charge in [0.2, 0.25) is 0 Å². The van der Waals surface area contributed by atoms with Crippen LogP contribution in [0.2, 0.25) is 0 Å². The van der Waals surface area contributed by atoms with Crippen molar-refractivity contribution in [3.63, 3.8) is 0 Å². The summed E-state index contributed by atoms with van der Waals surface area (Å²) in [6.07, 6.45) is 3.79. The van der Waals surface area contributed by atoms with Gasteiger partial charge in [0, 0.05) is 13.1 Å². The highest BCUT2D eigenvalue weighted by molar-refractivity contribution is 5.14. The Bertz CT molecular complexity index is 276. The van der Waals surface area contributed by atoms with Gasteiger partial charge in [-0.05, 0) is 44.5 Å². The Morgan fingerprint density at radius 1 is 1.06 bits per heavy atom. The summed E-state index contributed by atoms with van der Waals surface area (Å²) in [4.78, 5) is 2.59. The minimum absolute atomic E-state index is 1.16. The fourth-order valence-corrected chi connectivity index (χ4v) is 2.28. The van der Waals surface area contributed by atoms with Crippen LogP contribution in [0, 0.1) is 0 Å². The summed E-state index contributed by atoms with van der Waals surface area (Å²) >= 11 is 0. The molecule has 0 aromatic heterocycles. The van der Waals surface area contributed by atoms with Crippen molar-refractivity contribution in [1.29, 1.82) is 0 Å². The molecule has 88 valence electrons. The van der Waals surface area contributed by atoms with Crippen LogP contribution in [0.4, 0.5) is 0 Å². The number of rotatable bonds is 4. The molecular weight excluding hydrogens is 196 g/mol. The van der Waals surface area contributed by atoms with Crippen molar-refractivity contribution in [2.24, 2.45) is 0 Å². The van der Waals surface area contributed by atoms with E-state index in [1.807, 2.05) is 0 Å². The molecule has 1 aliphatic rings. The van der Waals surface area contributed by atoms with E-state index in [-0.39, 0.29) is 0 Å². The van der Waals surface area contributed by atoms with Crippen LogP contribution < -0.4 is 5.32 Å². The first-order valence-electron chi connectivity index (χ1n) is 6.42. The summed E-state index contributed by atoms with van der Waals surface area (Å²) in [5, 5.41) is 3.44. The predicted octanol–water partition coefficient (Wildman–Crippen LogP) is 1.91. The Kier molecular flexibility index (Phi) is 4.84. The Morgan fingerprint density at radius 3 is 2.81 bits per heavy atom. The summed E-state index contributed by atoms with van der Waals surface area (Å²) in [7, 11) is 0. The van der Waals surface area contributed by atoms with Gasteiger partial charge in [-0.25, -0.2) is 0 Å². The highest BCUT2D eigenvalue weighted by atomic mass is 15.1. The minimum Gasteiger partial charge on any atom is -0.315 e. The quantitative estimate of drug-likeness (QED) is 0.830. The summed E-state index contributed by atoms with van der Waals surface area (Å²) in [6.45, 7) is 6.08. The topological polar surface area (TPSA) is 15.3 Å². The van der Waals surface area contributed by atoms with Crippen LogP contribution in [0.5, 0.6) is 0 Å². The second-order valence-electron chi connectivity index (χ2n) is 4.53. The van der Waals surface area contributed by atoms with Crippen molar-refractivity contribution < 1.29 is 0 Å². The third-order valence-corrected chi connectivity index (χ3v) is 3.22. The van der Waals surface area contributed by atoms with Crippen LogP contribution in [0.3, 0.4) is 0 Å². The number of hydrogen-bond acceptors (Lipinski definition) is 2. The first-order chi connectivity index (χ1) is 7.95. The van der Waals surface area contributed by atoms with Crippen molar-refractivity contribution in [2.75, 3.05) is 32.7 Å². The molecule has 0 radical (unpaired) electrons. The lowest BCUT2D eigenvalue weighted by atomic mass is 10.1. The molecule has 2 nitrogen and oxygen atoms in total. The normalized spacial score (nSPS) is 18.2. The van der Waals surface area contributed by atoms with E-state index in [4.69, 9.17) is 0 Å². The molecule has 1 heterocycles. The van der Waals surface area contributed by atoms with Crippen LogP contribution >= 0.6 is 0 Å². The lowest BCUT2D eigenvalue weighted by Crippen LogP contribution is -2.29. The van der Waals surface area contributed by atoms with Crippen molar-refractivity contribution >= 4 is 0 Å². The summed E-state index contributed by atoms with van der Waals surface area (Å²) in [5.41, 5.74) is 1.47. The second kappa shape index (κ2) is 6.66. The number of benzene rings is 1. The molecule has 1 N–H and O–H groups in total. The van der Waals surface area contributed by atoms with Crippen LogP contribution in [0.15, 0.2) is 30.3 Å². The number of nitrogens with one attached hydrogen (secondary N) is 1. The summed E-state index contributed by atoms with van der Waals surface area (Å²) < 4.78 is 0. The standard InChI is InChI=1S/C14H22N2/c1-2-6-14(7-3-1)8-4-11-16-12-5-9-15-10-13-16/h1-3,6-7,15H,4-5,8-13H2. The highest BCUT2D eigenvalue weighted by Gasteiger charge is 2.07. The molecule has 0 atom stereocenters. The molecule has 0 aliphatic carbocycles. The van der Waals surface area contributed by atoms with Crippen molar-refractivity contribution in [1.82, 2.24) is 10.2 Å². The lowest BCUT2D eigenvalue weighted by Gasteiger charge is -2.18. The molecule has 1 saturated heterocycles. The highest BCUT2D eigenvalue weighted by Crippen LogP contribution is 2.04. The van der Waals surface area contributed by atoms with Gasteiger partial charge < -0.3 is 10.2 Å². The predicted molar refractivity (Wildman–Crippen MR) is 68.7 cm³/mol. The maximum absolute atomic E-state index is 3.44. The molecule has 2 heteroatoms. The van der Waals surface area contributed by atoms with Crippen molar-refractivity contribution in [3.8, 4) is 0 Å². The van der Waals surface area contributed by atoms with E-state index in [2.05, 4.69) is 40.5 Å². The molecule has 1 aromatic carbocycles. The van der Waals surface area contributed by atoms with Gasteiger partial charge in [-0.15, -0.1) is 0 Å². The van der Waals surface area contributed by atoms with Crippen LogP contribution in [0.25, 0.3) is 0 Å².